The lowest BCUT2D eigenvalue weighted by Gasteiger charge is -2.42. The highest BCUT2D eigenvalue weighted by Crippen LogP contribution is 2.44. The van der Waals surface area contributed by atoms with Gasteiger partial charge in [0.2, 0.25) is 5.75 Å². The lowest BCUT2D eigenvalue weighted by atomic mass is 9.83. The van der Waals surface area contributed by atoms with Gasteiger partial charge in [0, 0.05) is 48.8 Å². The molecule has 2 atom stereocenters. The van der Waals surface area contributed by atoms with Gasteiger partial charge in [-0.05, 0) is 24.5 Å². The molecule has 2 aliphatic rings. The summed E-state index contributed by atoms with van der Waals surface area (Å²) in [5.41, 5.74) is 2.30. The number of nitrogens with one attached hydrogen (secondary N) is 1. The molecule has 8 heteroatoms. The maximum atomic E-state index is 13.4. The largest absolute Gasteiger partial charge is 0.493 e. The first kappa shape index (κ1) is 19.5. The van der Waals surface area contributed by atoms with Gasteiger partial charge in [0.1, 0.15) is 5.69 Å². The molecule has 3 aromatic rings. The predicted molar refractivity (Wildman–Crippen MR) is 115 cm³/mol. The molecule has 0 saturated carbocycles. The molecule has 0 spiro atoms. The average molecular weight is 423 g/mol. The van der Waals surface area contributed by atoms with Crippen molar-refractivity contribution in [2.24, 2.45) is 5.92 Å². The van der Waals surface area contributed by atoms with Crippen LogP contribution in [0.4, 0.5) is 0 Å². The Labute approximate surface area is 179 Å². The molecule has 1 saturated heterocycles. The van der Waals surface area contributed by atoms with Gasteiger partial charge in [0.15, 0.2) is 11.5 Å². The van der Waals surface area contributed by atoms with Crippen molar-refractivity contribution in [2.75, 3.05) is 34.4 Å². The molecular weight excluding hydrogens is 398 g/mol. The van der Waals surface area contributed by atoms with Crippen LogP contribution in [0.2, 0.25) is 0 Å². The molecular formula is C23H25N3O5. The van der Waals surface area contributed by atoms with E-state index in [0.29, 0.717) is 42.6 Å². The van der Waals surface area contributed by atoms with Crippen LogP contribution in [-0.2, 0) is 6.54 Å². The fourth-order valence-electron chi connectivity index (χ4n) is 5.10. The van der Waals surface area contributed by atoms with E-state index in [4.69, 9.17) is 14.2 Å². The van der Waals surface area contributed by atoms with Crippen LogP contribution in [0.15, 0.2) is 35.1 Å². The van der Waals surface area contributed by atoms with Crippen molar-refractivity contribution in [3.63, 3.8) is 0 Å². The van der Waals surface area contributed by atoms with E-state index in [-0.39, 0.29) is 23.3 Å². The van der Waals surface area contributed by atoms with Gasteiger partial charge in [-0.15, -0.1) is 0 Å². The molecule has 0 aliphatic carbocycles. The summed E-state index contributed by atoms with van der Waals surface area (Å²) in [6.45, 7) is 1.89. The SMILES string of the molecule is COc1cc2[nH]c(C(=O)N3C[C@H]4C[C@@H](C3)c3cccc(=O)n3C4)cc2c(OC)c1OC. The van der Waals surface area contributed by atoms with E-state index >= 15 is 0 Å². The van der Waals surface area contributed by atoms with E-state index in [1.807, 2.05) is 15.5 Å². The number of ether oxygens (including phenoxy) is 3. The Kier molecular flexibility index (Phi) is 4.64. The van der Waals surface area contributed by atoms with E-state index in [2.05, 4.69) is 4.98 Å². The minimum Gasteiger partial charge on any atom is -0.493 e. The van der Waals surface area contributed by atoms with Crippen LogP contribution >= 0.6 is 0 Å². The number of carbonyl (C=O) groups is 1. The van der Waals surface area contributed by atoms with Gasteiger partial charge < -0.3 is 28.7 Å². The highest BCUT2D eigenvalue weighted by molar-refractivity contribution is 6.01. The number of H-pyrrole nitrogens is 1. The van der Waals surface area contributed by atoms with Crippen molar-refractivity contribution in [3.05, 3.63) is 52.1 Å². The third-order valence-corrected chi connectivity index (χ3v) is 6.42. The number of nitrogens with zero attached hydrogens (tertiary/aromatic N) is 2. The molecule has 1 fully saturated rings. The molecule has 1 amide bonds. The molecule has 31 heavy (non-hydrogen) atoms. The predicted octanol–water partition coefficient (Wildman–Crippen LogP) is 2.61. The fraction of sp³-hybridized carbons (Fsp3) is 0.391. The van der Waals surface area contributed by atoms with Gasteiger partial charge >= 0.3 is 0 Å². The minimum atomic E-state index is -0.0578. The first-order valence-corrected chi connectivity index (χ1v) is 10.3. The Balaban J connectivity index is 1.49. The van der Waals surface area contributed by atoms with Crippen molar-refractivity contribution in [1.29, 1.82) is 0 Å². The van der Waals surface area contributed by atoms with Gasteiger partial charge in [-0.1, -0.05) is 6.07 Å². The summed E-state index contributed by atoms with van der Waals surface area (Å²) in [6, 6.07) is 9.03. The quantitative estimate of drug-likeness (QED) is 0.697. The number of methoxy groups -OCH3 is 3. The van der Waals surface area contributed by atoms with Crippen LogP contribution < -0.4 is 19.8 Å². The monoisotopic (exact) mass is 423 g/mol. The molecule has 2 bridgehead atoms. The molecule has 0 radical (unpaired) electrons. The molecule has 1 N–H and O–H groups in total. The van der Waals surface area contributed by atoms with Gasteiger partial charge in [-0.2, -0.15) is 0 Å². The van der Waals surface area contributed by atoms with Gasteiger partial charge in [0.05, 0.1) is 26.8 Å². The maximum Gasteiger partial charge on any atom is 0.270 e. The number of benzene rings is 1. The zero-order chi connectivity index (χ0) is 21.7. The number of hydrogen-bond acceptors (Lipinski definition) is 5. The second kappa shape index (κ2) is 7.37. The Morgan fingerprint density at radius 2 is 1.84 bits per heavy atom. The molecule has 0 unspecified atom stereocenters. The third-order valence-electron chi connectivity index (χ3n) is 6.42. The number of carbonyl (C=O) groups excluding carboxylic acids is 1. The third kappa shape index (κ3) is 3.05. The van der Waals surface area contributed by atoms with Gasteiger partial charge in [-0.3, -0.25) is 9.59 Å². The van der Waals surface area contributed by atoms with Crippen LogP contribution in [0.25, 0.3) is 10.9 Å². The summed E-state index contributed by atoms with van der Waals surface area (Å²) in [5.74, 6) is 1.93. The standard InChI is InChI=1S/C23H25N3O5/c1-29-19-9-16-15(21(30-2)22(19)31-3)8-17(24-16)23(28)25-10-13-7-14(12-25)18-5-4-6-20(27)26(18)11-13/h4-6,8-9,13-14,24H,7,10-12H2,1-3H3/t13-,14+/m1/s1. The molecule has 2 aliphatic heterocycles. The zero-order valence-corrected chi connectivity index (χ0v) is 17.8. The summed E-state index contributed by atoms with van der Waals surface area (Å²) in [4.78, 5) is 30.8. The van der Waals surface area contributed by atoms with Gasteiger partial charge in [0.25, 0.3) is 11.5 Å². The number of fused-ring (bicyclic) bond motifs is 5. The minimum absolute atomic E-state index is 0.0394. The van der Waals surface area contributed by atoms with Crippen molar-refractivity contribution in [3.8, 4) is 17.2 Å². The number of aromatic nitrogens is 2. The Bertz CT molecular complexity index is 1230. The van der Waals surface area contributed by atoms with Crippen molar-refractivity contribution >= 4 is 16.8 Å². The number of hydrogen-bond donors (Lipinski definition) is 1. The molecule has 2 aromatic heterocycles. The van der Waals surface area contributed by atoms with E-state index in [1.165, 1.54) is 0 Å². The smallest absolute Gasteiger partial charge is 0.270 e. The summed E-state index contributed by atoms with van der Waals surface area (Å²) in [5, 5.41) is 0.762. The number of piperidine rings is 1. The number of likely N-dealkylation sites (tertiary alicyclic amines) is 1. The topological polar surface area (TPSA) is 85.8 Å². The van der Waals surface area contributed by atoms with Crippen LogP contribution in [0.5, 0.6) is 17.2 Å². The maximum absolute atomic E-state index is 13.4. The van der Waals surface area contributed by atoms with Gasteiger partial charge in [-0.25, -0.2) is 0 Å². The first-order chi connectivity index (χ1) is 15.0. The van der Waals surface area contributed by atoms with Crippen molar-refractivity contribution in [1.82, 2.24) is 14.5 Å². The summed E-state index contributed by atoms with van der Waals surface area (Å²) < 4.78 is 18.3. The molecule has 4 heterocycles. The molecule has 162 valence electrons. The summed E-state index contributed by atoms with van der Waals surface area (Å²) in [7, 11) is 4.69. The summed E-state index contributed by atoms with van der Waals surface area (Å²) in [6.07, 6.45) is 1.00. The summed E-state index contributed by atoms with van der Waals surface area (Å²) >= 11 is 0. The normalized spacial score (nSPS) is 19.8. The van der Waals surface area contributed by atoms with E-state index in [9.17, 15) is 9.59 Å². The zero-order valence-electron chi connectivity index (χ0n) is 17.8. The Hall–Kier alpha value is -3.42. The van der Waals surface area contributed by atoms with E-state index < -0.39 is 0 Å². The van der Waals surface area contributed by atoms with Crippen molar-refractivity contribution in [2.45, 2.75) is 18.9 Å². The molecule has 5 rings (SSSR count). The molecule has 8 nitrogen and oxygen atoms in total. The van der Waals surface area contributed by atoms with E-state index in [0.717, 1.165) is 23.0 Å². The van der Waals surface area contributed by atoms with E-state index in [1.54, 1.807) is 45.6 Å². The second-order valence-electron chi connectivity index (χ2n) is 8.20. The number of aromatic amines is 1. The van der Waals surface area contributed by atoms with Crippen LogP contribution in [0, 0.1) is 5.92 Å². The second-order valence-corrected chi connectivity index (χ2v) is 8.20. The Morgan fingerprint density at radius 3 is 2.58 bits per heavy atom. The molecule has 1 aromatic carbocycles. The van der Waals surface area contributed by atoms with Crippen molar-refractivity contribution < 1.29 is 19.0 Å². The first-order valence-electron chi connectivity index (χ1n) is 10.3. The number of rotatable bonds is 4. The Morgan fingerprint density at radius 1 is 1.03 bits per heavy atom. The van der Waals surface area contributed by atoms with Crippen LogP contribution in [-0.4, -0.2) is 54.8 Å². The van der Waals surface area contributed by atoms with Crippen LogP contribution in [0.1, 0.15) is 28.5 Å². The van der Waals surface area contributed by atoms with Crippen LogP contribution in [0.3, 0.4) is 0 Å². The fourth-order valence-corrected chi connectivity index (χ4v) is 5.10. The lowest BCUT2D eigenvalue weighted by Crippen LogP contribution is -2.49. The lowest BCUT2D eigenvalue weighted by molar-refractivity contribution is 0.0589. The average Bonchev–Trinajstić information content (AvgIpc) is 3.21. The highest BCUT2D eigenvalue weighted by Gasteiger charge is 2.37. The number of amides is 1. The highest BCUT2D eigenvalue weighted by atomic mass is 16.5. The number of pyridine rings is 1.